The molecular formula is C18H23N3OS. The Morgan fingerprint density at radius 3 is 2.35 bits per heavy atom. The lowest BCUT2D eigenvalue weighted by atomic mass is 10.2. The van der Waals surface area contributed by atoms with Crippen molar-refractivity contribution >= 4 is 17.7 Å². The van der Waals surface area contributed by atoms with Crippen LogP contribution in [0.25, 0.3) is 0 Å². The zero-order chi connectivity index (χ0) is 16.8. The van der Waals surface area contributed by atoms with Crippen LogP contribution in [0.4, 0.5) is 0 Å². The molecule has 0 aliphatic rings. The largest absolute Gasteiger partial charge is 0.355 e. The molecule has 1 aromatic heterocycles. The van der Waals surface area contributed by atoms with Crippen molar-refractivity contribution in [2.45, 2.75) is 44.3 Å². The number of carbonyl (C=O) groups is 1. The van der Waals surface area contributed by atoms with Crippen LogP contribution in [0.5, 0.6) is 0 Å². The highest BCUT2D eigenvalue weighted by Crippen LogP contribution is 2.23. The topological polar surface area (TPSA) is 54.9 Å². The summed E-state index contributed by atoms with van der Waals surface area (Å²) in [5, 5.41) is 2.83. The smallest absolute Gasteiger partial charge is 0.233 e. The van der Waals surface area contributed by atoms with E-state index in [0.29, 0.717) is 13.0 Å². The van der Waals surface area contributed by atoms with Gasteiger partial charge in [-0.3, -0.25) is 4.79 Å². The van der Waals surface area contributed by atoms with Crippen molar-refractivity contribution in [1.29, 1.82) is 0 Å². The number of hydrogen-bond acceptors (Lipinski definition) is 4. The van der Waals surface area contributed by atoms with Crippen LogP contribution in [-0.2, 0) is 11.2 Å². The Hall–Kier alpha value is -1.88. The van der Waals surface area contributed by atoms with E-state index in [0.717, 1.165) is 22.1 Å². The van der Waals surface area contributed by atoms with Crippen LogP contribution >= 0.6 is 11.8 Å². The van der Waals surface area contributed by atoms with Gasteiger partial charge in [-0.15, -0.1) is 11.8 Å². The molecule has 0 aliphatic heterocycles. The molecule has 0 radical (unpaired) electrons. The minimum atomic E-state index is -0.127. The predicted octanol–water partition coefficient (Wildman–Crippen LogP) is 3.24. The van der Waals surface area contributed by atoms with Crippen LogP contribution in [0.2, 0.25) is 0 Å². The van der Waals surface area contributed by atoms with E-state index in [-0.39, 0.29) is 11.2 Å². The second kappa shape index (κ2) is 8.11. The summed E-state index contributed by atoms with van der Waals surface area (Å²) in [5.41, 5.74) is 3.14. The van der Waals surface area contributed by atoms with E-state index in [9.17, 15) is 4.79 Å². The SMILES string of the molecule is Cc1ccc(S[C@H](C)C(=O)NCCc2nc(C)cc(C)n2)cc1. The molecule has 0 bridgehead atoms. The Morgan fingerprint density at radius 1 is 1.13 bits per heavy atom. The zero-order valence-corrected chi connectivity index (χ0v) is 14.9. The average molecular weight is 329 g/mol. The van der Waals surface area contributed by atoms with Crippen molar-refractivity contribution in [1.82, 2.24) is 15.3 Å². The van der Waals surface area contributed by atoms with Gasteiger partial charge in [0.05, 0.1) is 5.25 Å². The Kier molecular flexibility index (Phi) is 6.16. The number of aromatic nitrogens is 2. The number of amides is 1. The highest BCUT2D eigenvalue weighted by molar-refractivity contribution is 8.00. The molecule has 1 atom stereocenters. The molecule has 5 heteroatoms. The van der Waals surface area contributed by atoms with Gasteiger partial charge in [0.25, 0.3) is 0 Å². The minimum absolute atomic E-state index is 0.0416. The molecular weight excluding hydrogens is 306 g/mol. The highest BCUT2D eigenvalue weighted by Gasteiger charge is 2.14. The molecule has 23 heavy (non-hydrogen) atoms. The first-order valence-corrected chi connectivity index (χ1v) is 8.64. The molecule has 4 nitrogen and oxygen atoms in total. The first-order chi connectivity index (χ1) is 10.9. The predicted molar refractivity (Wildman–Crippen MR) is 94.7 cm³/mol. The molecule has 0 saturated carbocycles. The molecule has 0 saturated heterocycles. The summed E-state index contributed by atoms with van der Waals surface area (Å²) in [4.78, 5) is 22.0. The van der Waals surface area contributed by atoms with Gasteiger partial charge in [-0.05, 0) is 45.9 Å². The molecule has 0 fully saturated rings. The van der Waals surface area contributed by atoms with Crippen molar-refractivity contribution in [2.24, 2.45) is 0 Å². The number of aryl methyl sites for hydroxylation is 3. The Bertz CT molecular complexity index is 650. The van der Waals surface area contributed by atoms with Crippen LogP contribution in [0.1, 0.15) is 29.7 Å². The second-order valence-corrected chi connectivity index (χ2v) is 7.10. The number of hydrogen-bond donors (Lipinski definition) is 1. The molecule has 1 amide bonds. The fourth-order valence-electron chi connectivity index (χ4n) is 2.23. The lowest BCUT2D eigenvalue weighted by Crippen LogP contribution is -2.32. The maximum absolute atomic E-state index is 12.2. The molecule has 0 unspecified atom stereocenters. The first-order valence-electron chi connectivity index (χ1n) is 7.76. The van der Waals surface area contributed by atoms with Crippen LogP contribution in [0.15, 0.2) is 35.2 Å². The van der Waals surface area contributed by atoms with Crippen LogP contribution < -0.4 is 5.32 Å². The number of nitrogens with one attached hydrogen (secondary N) is 1. The van der Waals surface area contributed by atoms with E-state index >= 15 is 0 Å². The van der Waals surface area contributed by atoms with Gasteiger partial charge < -0.3 is 5.32 Å². The average Bonchev–Trinajstić information content (AvgIpc) is 2.48. The quantitative estimate of drug-likeness (QED) is 0.827. The molecule has 0 aliphatic carbocycles. The van der Waals surface area contributed by atoms with Gasteiger partial charge in [-0.1, -0.05) is 17.7 Å². The van der Waals surface area contributed by atoms with E-state index in [1.54, 1.807) is 11.8 Å². The normalized spacial score (nSPS) is 12.0. The highest BCUT2D eigenvalue weighted by atomic mass is 32.2. The molecule has 2 rings (SSSR count). The Labute approximate surface area is 142 Å². The maximum atomic E-state index is 12.2. The van der Waals surface area contributed by atoms with E-state index in [1.165, 1.54) is 5.56 Å². The molecule has 2 aromatic rings. The number of carbonyl (C=O) groups excluding carboxylic acids is 1. The lowest BCUT2D eigenvalue weighted by molar-refractivity contribution is -0.120. The molecule has 0 spiro atoms. The van der Waals surface area contributed by atoms with Gasteiger partial charge in [-0.2, -0.15) is 0 Å². The van der Waals surface area contributed by atoms with Crippen LogP contribution in [0.3, 0.4) is 0 Å². The van der Waals surface area contributed by atoms with Crippen molar-refractivity contribution < 1.29 is 4.79 Å². The molecule has 1 N–H and O–H groups in total. The number of rotatable bonds is 6. The van der Waals surface area contributed by atoms with E-state index in [1.807, 2.05) is 39.0 Å². The summed E-state index contributed by atoms with van der Waals surface area (Å²) in [5.74, 6) is 0.821. The number of thioether (sulfide) groups is 1. The molecule has 122 valence electrons. The standard InChI is InChI=1S/C18H23N3OS/c1-12-5-7-16(8-6-12)23-15(4)18(22)19-10-9-17-20-13(2)11-14(3)21-17/h5-8,11,15H,9-10H2,1-4H3,(H,19,22)/t15-/m1/s1. The number of nitrogens with zero attached hydrogens (tertiary/aromatic N) is 2. The van der Waals surface area contributed by atoms with Crippen molar-refractivity contribution in [3.63, 3.8) is 0 Å². The summed E-state index contributed by atoms with van der Waals surface area (Å²) < 4.78 is 0. The summed E-state index contributed by atoms with van der Waals surface area (Å²) in [6.07, 6.45) is 0.649. The summed E-state index contributed by atoms with van der Waals surface area (Å²) in [6.45, 7) is 8.45. The first kappa shape index (κ1) is 17.5. The third kappa shape index (κ3) is 5.67. The lowest BCUT2D eigenvalue weighted by Gasteiger charge is -2.12. The second-order valence-electron chi connectivity index (χ2n) is 5.68. The molecule has 1 aromatic carbocycles. The summed E-state index contributed by atoms with van der Waals surface area (Å²) >= 11 is 1.57. The van der Waals surface area contributed by atoms with Gasteiger partial charge in [0, 0.05) is 29.2 Å². The van der Waals surface area contributed by atoms with Gasteiger partial charge in [0.15, 0.2) is 0 Å². The monoisotopic (exact) mass is 329 g/mol. The van der Waals surface area contributed by atoms with Crippen LogP contribution in [-0.4, -0.2) is 27.7 Å². The summed E-state index contributed by atoms with van der Waals surface area (Å²) in [6, 6.07) is 10.2. The van der Waals surface area contributed by atoms with E-state index in [4.69, 9.17) is 0 Å². The minimum Gasteiger partial charge on any atom is -0.355 e. The zero-order valence-electron chi connectivity index (χ0n) is 14.1. The Morgan fingerprint density at radius 2 is 1.74 bits per heavy atom. The molecule has 1 heterocycles. The van der Waals surface area contributed by atoms with Crippen molar-refractivity contribution in [3.8, 4) is 0 Å². The summed E-state index contributed by atoms with van der Waals surface area (Å²) in [7, 11) is 0. The van der Waals surface area contributed by atoms with Gasteiger partial charge in [-0.25, -0.2) is 9.97 Å². The van der Waals surface area contributed by atoms with Crippen molar-refractivity contribution in [2.75, 3.05) is 6.54 Å². The van der Waals surface area contributed by atoms with Gasteiger partial charge >= 0.3 is 0 Å². The third-order valence-corrected chi connectivity index (χ3v) is 4.49. The fraction of sp³-hybridized carbons (Fsp3) is 0.389. The van der Waals surface area contributed by atoms with E-state index < -0.39 is 0 Å². The van der Waals surface area contributed by atoms with Crippen molar-refractivity contribution in [3.05, 3.63) is 53.1 Å². The number of benzene rings is 1. The van der Waals surface area contributed by atoms with E-state index in [2.05, 4.69) is 34.3 Å². The van der Waals surface area contributed by atoms with Gasteiger partial charge in [0.2, 0.25) is 5.91 Å². The third-order valence-electron chi connectivity index (χ3n) is 3.38. The maximum Gasteiger partial charge on any atom is 0.233 e. The van der Waals surface area contributed by atoms with Gasteiger partial charge in [0.1, 0.15) is 5.82 Å². The fourth-order valence-corrected chi connectivity index (χ4v) is 3.12. The Balaban J connectivity index is 1.80. The van der Waals surface area contributed by atoms with Crippen LogP contribution in [0, 0.1) is 20.8 Å².